The number of para-hydroxylation sites is 1. The normalized spacial score (nSPS) is 15.5. The number of aromatic nitrogens is 2. The molecule has 2 aromatic carbocycles. The van der Waals surface area contributed by atoms with Crippen LogP contribution in [0.2, 0.25) is 0 Å². The lowest BCUT2D eigenvalue weighted by Gasteiger charge is -2.27. The topological polar surface area (TPSA) is 90.1 Å². The summed E-state index contributed by atoms with van der Waals surface area (Å²) in [6.07, 6.45) is 12.0. The number of hydrogen-bond donors (Lipinski definition) is 3. The highest BCUT2D eigenvalue weighted by Crippen LogP contribution is 2.22. The summed E-state index contributed by atoms with van der Waals surface area (Å²) in [7, 11) is 0. The predicted octanol–water partition coefficient (Wildman–Crippen LogP) is 6.28. The minimum Gasteiger partial charge on any atom is -0.361 e. The molecule has 4 aromatic rings. The van der Waals surface area contributed by atoms with Crippen LogP contribution >= 0.6 is 0 Å². The second kappa shape index (κ2) is 15.4. The number of nitrogens with one attached hydrogen (secondary N) is 3. The predicted molar refractivity (Wildman–Crippen MR) is 180 cm³/mol. The summed E-state index contributed by atoms with van der Waals surface area (Å²) in [5.74, 6) is -0.0217. The van der Waals surface area contributed by atoms with Gasteiger partial charge in [-0.15, -0.1) is 0 Å². The van der Waals surface area contributed by atoms with Crippen molar-refractivity contribution in [3.8, 4) is 0 Å². The number of ketones is 1. The lowest BCUT2D eigenvalue weighted by atomic mass is 9.96. The molecule has 234 valence electrons. The number of likely N-dealkylation sites (tertiary alicyclic amines) is 1. The third kappa shape index (κ3) is 8.54. The smallest absolute Gasteiger partial charge is 0.237 e. The minimum atomic E-state index is -0.599. The summed E-state index contributed by atoms with van der Waals surface area (Å²) in [5.41, 5.74) is 4.20. The minimum absolute atomic E-state index is 0.0584. The van der Waals surface area contributed by atoms with Crippen molar-refractivity contribution in [3.63, 3.8) is 0 Å². The Morgan fingerprint density at radius 1 is 0.977 bits per heavy atom. The number of fused-ring (bicyclic) bond motifs is 2. The molecule has 1 amide bonds. The molecule has 7 heteroatoms. The van der Waals surface area contributed by atoms with Gasteiger partial charge in [-0.2, -0.15) is 0 Å². The molecular weight excluding hydrogens is 546 g/mol. The number of nitrogens with zero attached hydrogens (tertiary/aromatic N) is 2. The van der Waals surface area contributed by atoms with E-state index in [4.69, 9.17) is 0 Å². The van der Waals surface area contributed by atoms with Gasteiger partial charge in [0.25, 0.3) is 0 Å². The van der Waals surface area contributed by atoms with Gasteiger partial charge in [0.15, 0.2) is 5.78 Å². The van der Waals surface area contributed by atoms with Crippen LogP contribution in [0.15, 0.2) is 60.9 Å². The maximum Gasteiger partial charge on any atom is 0.237 e. The number of carbonyl (C=O) groups is 2. The van der Waals surface area contributed by atoms with Gasteiger partial charge in [-0.3, -0.25) is 14.6 Å². The van der Waals surface area contributed by atoms with Gasteiger partial charge in [0.2, 0.25) is 5.91 Å². The van der Waals surface area contributed by atoms with Gasteiger partial charge in [-0.1, -0.05) is 63.1 Å². The Bertz CT molecular complexity index is 1540. The van der Waals surface area contributed by atoms with Crippen molar-refractivity contribution < 1.29 is 9.59 Å². The molecule has 0 spiro atoms. The third-order valence-corrected chi connectivity index (χ3v) is 9.01. The molecule has 7 nitrogen and oxygen atoms in total. The van der Waals surface area contributed by atoms with E-state index in [0.717, 1.165) is 64.3 Å². The Labute approximate surface area is 262 Å². The molecule has 0 saturated carbocycles. The molecule has 1 saturated heterocycles. The highest BCUT2D eigenvalue weighted by Gasteiger charge is 2.27. The largest absolute Gasteiger partial charge is 0.361 e. The Kier molecular flexibility index (Phi) is 11.2. The van der Waals surface area contributed by atoms with E-state index < -0.39 is 6.04 Å². The van der Waals surface area contributed by atoms with Gasteiger partial charge < -0.3 is 20.5 Å². The van der Waals surface area contributed by atoms with E-state index in [1.807, 2.05) is 43.6 Å². The average molecular weight is 596 g/mol. The number of unbranched alkanes of at least 4 members (excludes halogenated alkanes) is 1. The van der Waals surface area contributed by atoms with Crippen LogP contribution in [0.3, 0.4) is 0 Å². The molecule has 1 fully saturated rings. The summed E-state index contributed by atoms with van der Waals surface area (Å²) < 4.78 is 0. The summed E-state index contributed by atoms with van der Waals surface area (Å²) in [5, 5.41) is 10.0. The first kappa shape index (κ1) is 31.9. The van der Waals surface area contributed by atoms with E-state index in [9.17, 15) is 9.59 Å². The monoisotopic (exact) mass is 595 g/mol. The standard InChI is InChI=1S/C37H49N5O2/c1-26(2)40-34(13-7-10-22-42-20-8-4-9-21-42)37(44)41-35(24-30-25-39-33-12-6-5-11-32(30)33)36(43)17-15-28-14-16-31-27(3)38-19-18-29(31)23-28/h5-6,11-12,14,16,18-19,23,25-26,34-35,39-40H,4,7-10,13,15,17,20-22,24H2,1-3H3,(H,41,44)/t34-,35+/m1/s1. The van der Waals surface area contributed by atoms with Crippen LogP contribution in [-0.4, -0.2) is 64.3 Å². The Morgan fingerprint density at radius 3 is 2.61 bits per heavy atom. The average Bonchev–Trinajstić information content (AvgIpc) is 3.44. The van der Waals surface area contributed by atoms with Gasteiger partial charge in [-0.25, -0.2) is 0 Å². The van der Waals surface area contributed by atoms with Crippen molar-refractivity contribution in [2.24, 2.45) is 0 Å². The van der Waals surface area contributed by atoms with E-state index in [1.54, 1.807) is 0 Å². The van der Waals surface area contributed by atoms with E-state index in [1.165, 1.54) is 32.4 Å². The number of hydrogen-bond acceptors (Lipinski definition) is 5. The molecule has 3 heterocycles. The molecule has 2 atom stereocenters. The van der Waals surface area contributed by atoms with E-state index in [2.05, 4.69) is 63.6 Å². The van der Waals surface area contributed by atoms with Crippen LogP contribution in [0.5, 0.6) is 0 Å². The number of rotatable bonds is 15. The molecule has 0 bridgehead atoms. The number of amides is 1. The first-order chi connectivity index (χ1) is 21.4. The van der Waals surface area contributed by atoms with Crippen LogP contribution in [0, 0.1) is 6.92 Å². The first-order valence-corrected chi connectivity index (χ1v) is 16.6. The Balaban J connectivity index is 1.27. The van der Waals surface area contributed by atoms with E-state index in [-0.39, 0.29) is 23.8 Å². The van der Waals surface area contributed by atoms with Crippen molar-refractivity contribution in [2.45, 2.75) is 96.7 Å². The maximum atomic E-state index is 13.9. The quantitative estimate of drug-likeness (QED) is 0.141. The molecule has 0 unspecified atom stereocenters. The van der Waals surface area contributed by atoms with Crippen LogP contribution in [0.25, 0.3) is 21.7 Å². The number of aryl methyl sites for hydroxylation is 2. The first-order valence-electron chi connectivity index (χ1n) is 16.6. The fraction of sp³-hybridized carbons (Fsp3) is 0.486. The Morgan fingerprint density at radius 2 is 1.80 bits per heavy atom. The van der Waals surface area contributed by atoms with Gasteiger partial charge in [-0.05, 0) is 87.3 Å². The summed E-state index contributed by atoms with van der Waals surface area (Å²) in [6, 6.07) is 15.7. The molecule has 0 radical (unpaired) electrons. The number of carbonyl (C=O) groups excluding carboxylic acids is 2. The lowest BCUT2D eigenvalue weighted by Crippen LogP contribution is -2.52. The summed E-state index contributed by atoms with van der Waals surface area (Å²) in [4.78, 5) is 37.9. The molecule has 5 rings (SSSR count). The third-order valence-electron chi connectivity index (χ3n) is 9.01. The lowest BCUT2D eigenvalue weighted by molar-refractivity contribution is -0.129. The SMILES string of the molecule is Cc1nccc2cc(CCC(=O)[C@H](Cc3c[nH]c4ccccc34)NC(=O)[C@@H](CCCCN3CCCCC3)NC(C)C)ccc12. The second-order valence-electron chi connectivity index (χ2n) is 12.8. The summed E-state index contributed by atoms with van der Waals surface area (Å²) in [6.45, 7) is 9.65. The second-order valence-corrected chi connectivity index (χ2v) is 12.8. The molecule has 1 aliphatic heterocycles. The fourth-order valence-corrected chi connectivity index (χ4v) is 6.57. The van der Waals surface area contributed by atoms with Crippen LogP contribution in [0.4, 0.5) is 0 Å². The van der Waals surface area contributed by atoms with Crippen molar-refractivity contribution >= 4 is 33.4 Å². The molecule has 0 aliphatic carbocycles. The number of benzene rings is 2. The fourth-order valence-electron chi connectivity index (χ4n) is 6.57. The number of aromatic amines is 1. The number of pyridine rings is 1. The van der Waals surface area contributed by atoms with E-state index >= 15 is 0 Å². The zero-order valence-corrected chi connectivity index (χ0v) is 26.7. The van der Waals surface area contributed by atoms with Gasteiger partial charge in [0.1, 0.15) is 0 Å². The van der Waals surface area contributed by atoms with Gasteiger partial charge in [0.05, 0.1) is 12.1 Å². The van der Waals surface area contributed by atoms with Crippen molar-refractivity contribution in [3.05, 3.63) is 77.7 Å². The zero-order chi connectivity index (χ0) is 30.9. The van der Waals surface area contributed by atoms with Gasteiger partial charge >= 0.3 is 0 Å². The molecule has 3 N–H and O–H groups in total. The zero-order valence-electron chi connectivity index (χ0n) is 26.7. The van der Waals surface area contributed by atoms with Crippen LogP contribution in [0.1, 0.15) is 75.6 Å². The number of Topliss-reactive ketones (excluding diaryl/α,β-unsaturated/α-hetero) is 1. The van der Waals surface area contributed by atoms with Crippen LogP contribution < -0.4 is 10.6 Å². The van der Waals surface area contributed by atoms with E-state index in [0.29, 0.717) is 19.3 Å². The number of H-pyrrole nitrogens is 1. The van der Waals surface area contributed by atoms with Crippen molar-refractivity contribution in [2.75, 3.05) is 19.6 Å². The van der Waals surface area contributed by atoms with Gasteiger partial charge in [0, 0.05) is 53.3 Å². The Hall–Kier alpha value is -3.55. The molecular formula is C37H49N5O2. The van der Waals surface area contributed by atoms with Crippen molar-refractivity contribution in [1.82, 2.24) is 25.5 Å². The van der Waals surface area contributed by atoms with Crippen molar-refractivity contribution in [1.29, 1.82) is 0 Å². The molecule has 1 aliphatic rings. The number of piperidine rings is 1. The highest BCUT2D eigenvalue weighted by molar-refractivity contribution is 5.92. The highest BCUT2D eigenvalue weighted by atomic mass is 16.2. The molecule has 44 heavy (non-hydrogen) atoms. The van der Waals surface area contributed by atoms with Crippen LogP contribution in [-0.2, 0) is 22.4 Å². The molecule has 2 aromatic heterocycles. The summed E-state index contributed by atoms with van der Waals surface area (Å²) >= 11 is 0. The maximum absolute atomic E-state index is 13.9.